The monoisotopic (exact) mass is 270 g/mol. The van der Waals surface area contributed by atoms with Crippen LogP contribution in [0.25, 0.3) is 0 Å². The lowest BCUT2D eigenvalue weighted by Gasteiger charge is -2.26. The summed E-state index contributed by atoms with van der Waals surface area (Å²) in [6.07, 6.45) is 9.05. The Balaban J connectivity index is 1.43. The maximum Gasteiger partial charge on any atom is 0.0897 e. The van der Waals surface area contributed by atoms with Crippen LogP contribution in [0.5, 0.6) is 0 Å². The first-order valence-electron chi connectivity index (χ1n) is 8.07. The van der Waals surface area contributed by atoms with Crippen molar-refractivity contribution < 1.29 is 9.84 Å². The molecule has 4 heteroatoms. The highest BCUT2D eigenvalue weighted by Crippen LogP contribution is 2.20. The third kappa shape index (κ3) is 6.21. The van der Waals surface area contributed by atoms with E-state index in [1.165, 1.54) is 58.0 Å². The van der Waals surface area contributed by atoms with Crippen molar-refractivity contribution in [3.05, 3.63) is 0 Å². The summed E-state index contributed by atoms with van der Waals surface area (Å²) < 4.78 is 5.71. The zero-order valence-corrected chi connectivity index (χ0v) is 12.1. The van der Waals surface area contributed by atoms with E-state index in [4.69, 9.17) is 4.74 Å². The molecule has 0 amide bonds. The quantitative estimate of drug-likeness (QED) is 0.654. The molecule has 1 atom stereocenters. The molecule has 19 heavy (non-hydrogen) atoms. The molecular formula is C15H30N2O2. The molecule has 0 aromatic carbocycles. The van der Waals surface area contributed by atoms with Gasteiger partial charge in [-0.1, -0.05) is 19.3 Å². The number of ether oxygens (including phenoxy) is 1. The Hall–Kier alpha value is -0.160. The molecule has 0 radical (unpaired) electrons. The van der Waals surface area contributed by atoms with E-state index in [0.717, 1.165) is 13.1 Å². The van der Waals surface area contributed by atoms with Crippen LogP contribution in [0.2, 0.25) is 0 Å². The van der Waals surface area contributed by atoms with Gasteiger partial charge in [-0.25, -0.2) is 0 Å². The molecule has 1 saturated heterocycles. The van der Waals surface area contributed by atoms with Crippen LogP contribution >= 0.6 is 0 Å². The van der Waals surface area contributed by atoms with Crippen molar-refractivity contribution in [1.82, 2.24) is 10.2 Å². The third-order valence-electron chi connectivity index (χ3n) is 4.26. The van der Waals surface area contributed by atoms with Crippen molar-refractivity contribution in [2.45, 2.75) is 57.2 Å². The van der Waals surface area contributed by atoms with Gasteiger partial charge in [-0.15, -0.1) is 0 Å². The number of hydrogen-bond acceptors (Lipinski definition) is 4. The lowest BCUT2D eigenvalue weighted by molar-refractivity contribution is -0.00550. The number of aliphatic hydroxyl groups excluding tert-OH is 1. The van der Waals surface area contributed by atoms with Crippen molar-refractivity contribution in [2.75, 3.05) is 39.3 Å². The summed E-state index contributed by atoms with van der Waals surface area (Å²) in [7, 11) is 0. The van der Waals surface area contributed by atoms with Crippen LogP contribution in [0.15, 0.2) is 0 Å². The minimum absolute atomic E-state index is 0.359. The summed E-state index contributed by atoms with van der Waals surface area (Å²) in [4.78, 5) is 2.51. The van der Waals surface area contributed by atoms with Crippen LogP contribution in [-0.2, 0) is 4.74 Å². The molecule has 0 bridgehead atoms. The normalized spacial score (nSPS) is 23.8. The number of hydrogen-bond donors (Lipinski definition) is 2. The molecule has 2 aliphatic rings. The van der Waals surface area contributed by atoms with E-state index in [2.05, 4.69) is 10.2 Å². The van der Waals surface area contributed by atoms with Gasteiger partial charge in [0, 0.05) is 19.6 Å². The van der Waals surface area contributed by atoms with Gasteiger partial charge >= 0.3 is 0 Å². The molecule has 2 fully saturated rings. The fraction of sp³-hybridized carbons (Fsp3) is 1.00. The van der Waals surface area contributed by atoms with E-state index >= 15 is 0 Å². The van der Waals surface area contributed by atoms with Gasteiger partial charge in [-0.05, 0) is 38.8 Å². The van der Waals surface area contributed by atoms with Gasteiger partial charge in [0.25, 0.3) is 0 Å². The molecule has 2 rings (SSSR count). The first-order chi connectivity index (χ1) is 9.34. The lowest BCUT2D eigenvalue weighted by atomic mass is 10.1. The van der Waals surface area contributed by atoms with Gasteiger partial charge in [0.2, 0.25) is 0 Å². The van der Waals surface area contributed by atoms with Gasteiger partial charge < -0.3 is 20.1 Å². The Labute approximate surface area is 117 Å². The molecule has 112 valence electrons. The molecule has 1 aliphatic heterocycles. The standard InChI is InChI=1S/C15H30N2O2/c18-14(13-19-15-6-2-3-7-15)12-16-8-11-17-9-4-1-5-10-17/h14-16,18H,1-13H2. The molecule has 0 spiro atoms. The molecule has 1 unspecified atom stereocenters. The van der Waals surface area contributed by atoms with Gasteiger partial charge in [-0.3, -0.25) is 0 Å². The van der Waals surface area contributed by atoms with E-state index in [1.54, 1.807) is 0 Å². The van der Waals surface area contributed by atoms with Crippen LogP contribution in [0, 0.1) is 0 Å². The predicted octanol–water partition coefficient (Wildman–Crippen LogP) is 1.38. The summed E-state index contributed by atoms with van der Waals surface area (Å²) in [6.45, 7) is 5.71. The number of likely N-dealkylation sites (tertiary alicyclic amines) is 1. The molecule has 0 aromatic heterocycles. The molecule has 1 aliphatic carbocycles. The maximum atomic E-state index is 9.85. The van der Waals surface area contributed by atoms with Crippen LogP contribution < -0.4 is 5.32 Å². The molecule has 2 N–H and O–H groups in total. The number of nitrogens with zero attached hydrogens (tertiary/aromatic N) is 1. The molecule has 4 nitrogen and oxygen atoms in total. The van der Waals surface area contributed by atoms with E-state index in [9.17, 15) is 5.11 Å². The van der Waals surface area contributed by atoms with Gasteiger partial charge in [0.05, 0.1) is 18.8 Å². The molecule has 0 aromatic rings. The Bertz CT molecular complexity index is 226. The summed E-state index contributed by atoms with van der Waals surface area (Å²) in [5.74, 6) is 0. The fourth-order valence-electron chi connectivity index (χ4n) is 3.05. The number of rotatable bonds is 8. The smallest absolute Gasteiger partial charge is 0.0897 e. The van der Waals surface area contributed by atoms with E-state index < -0.39 is 0 Å². The summed E-state index contributed by atoms with van der Waals surface area (Å²) in [5, 5.41) is 13.2. The third-order valence-corrected chi connectivity index (χ3v) is 4.26. The van der Waals surface area contributed by atoms with Crippen LogP contribution in [0.3, 0.4) is 0 Å². The Morgan fingerprint density at radius 2 is 1.84 bits per heavy atom. The maximum absolute atomic E-state index is 9.85. The Morgan fingerprint density at radius 1 is 1.11 bits per heavy atom. The summed E-state index contributed by atoms with van der Waals surface area (Å²) >= 11 is 0. The largest absolute Gasteiger partial charge is 0.389 e. The highest BCUT2D eigenvalue weighted by Gasteiger charge is 2.16. The Morgan fingerprint density at radius 3 is 2.58 bits per heavy atom. The van der Waals surface area contributed by atoms with Crippen LogP contribution in [-0.4, -0.2) is 61.5 Å². The van der Waals surface area contributed by atoms with Gasteiger partial charge in [0.1, 0.15) is 0 Å². The minimum atomic E-state index is -0.359. The number of aliphatic hydroxyl groups is 1. The zero-order chi connectivity index (χ0) is 13.3. The summed E-state index contributed by atoms with van der Waals surface area (Å²) in [5.41, 5.74) is 0. The first-order valence-corrected chi connectivity index (χ1v) is 8.07. The number of piperidine rings is 1. The van der Waals surface area contributed by atoms with Crippen LogP contribution in [0.1, 0.15) is 44.9 Å². The van der Waals surface area contributed by atoms with Crippen molar-refractivity contribution in [1.29, 1.82) is 0 Å². The average Bonchev–Trinajstić information content (AvgIpc) is 2.96. The van der Waals surface area contributed by atoms with Crippen molar-refractivity contribution in [3.63, 3.8) is 0 Å². The lowest BCUT2D eigenvalue weighted by Crippen LogP contribution is -2.39. The van der Waals surface area contributed by atoms with Gasteiger partial charge in [0.15, 0.2) is 0 Å². The summed E-state index contributed by atoms with van der Waals surface area (Å²) in [6, 6.07) is 0. The Kier molecular flexibility index (Phi) is 7.14. The molecule has 1 saturated carbocycles. The highest BCUT2D eigenvalue weighted by molar-refractivity contribution is 4.69. The second kappa shape index (κ2) is 8.90. The minimum Gasteiger partial charge on any atom is -0.389 e. The van der Waals surface area contributed by atoms with E-state index in [-0.39, 0.29) is 6.10 Å². The predicted molar refractivity (Wildman–Crippen MR) is 77.4 cm³/mol. The topological polar surface area (TPSA) is 44.7 Å². The van der Waals surface area contributed by atoms with E-state index in [0.29, 0.717) is 19.3 Å². The number of nitrogens with one attached hydrogen (secondary N) is 1. The van der Waals surface area contributed by atoms with Crippen LogP contribution in [0.4, 0.5) is 0 Å². The van der Waals surface area contributed by atoms with Gasteiger partial charge in [-0.2, -0.15) is 0 Å². The second-order valence-corrected chi connectivity index (χ2v) is 6.00. The highest BCUT2D eigenvalue weighted by atomic mass is 16.5. The van der Waals surface area contributed by atoms with Crippen molar-refractivity contribution >= 4 is 0 Å². The second-order valence-electron chi connectivity index (χ2n) is 6.00. The van der Waals surface area contributed by atoms with Crippen molar-refractivity contribution in [2.24, 2.45) is 0 Å². The fourth-order valence-corrected chi connectivity index (χ4v) is 3.05. The molecular weight excluding hydrogens is 240 g/mol. The van der Waals surface area contributed by atoms with Crippen molar-refractivity contribution in [3.8, 4) is 0 Å². The molecule has 1 heterocycles. The van der Waals surface area contributed by atoms with E-state index in [1.807, 2.05) is 0 Å². The zero-order valence-electron chi connectivity index (χ0n) is 12.1. The average molecular weight is 270 g/mol. The first kappa shape index (κ1) is 15.2. The SMILES string of the molecule is OC(CNCCN1CCCCC1)COC1CCCC1.